The molecule has 2 aromatic rings. The van der Waals surface area contributed by atoms with Crippen LogP contribution in [0.15, 0.2) is 48.5 Å². The zero-order chi connectivity index (χ0) is 13.8. The lowest BCUT2D eigenvalue weighted by Gasteiger charge is -2.11. The Morgan fingerprint density at radius 2 is 1.58 bits per heavy atom. The molecule has 0 spiro atoms. The van der Waals surface area contributed by atoms with Gasteiger partial charge in [-0.25, -0.2) is 0 Å². The van der Waals surface area contributed by atoms with Crippen LogP contribution in [0.2, 0.25) is 10.0 Å². The molecule has 94 valence electrons. The number of rotatable bonds is 3. The zero-order valence-corrected chi connectivity index (χ0v) is 11.3. The van der Waals surface area contributed by atoms with Gasteiger partial charge in [-0.05, 0) is 23.8 Å². The summed E-state index contributed by atoms with van der Waals surface area (Å²) in [6, 6.07) is 15.5. The van der Waals surface area contributed by atoms with Crippen molar-refractivity contribution in [1.82, 2.24) is 0 Å². The molecule has 0 saturated carbocycles. The molecular weight excluding hydrogens is 281 g/mol. The molecular formula is C15H9Cl2NO. The molecule has 0 saturated heterocycles. The van der Waals surface area contributed by atoms with Crippen molar-refractivity contribution in [3.63, 3.8) is 0 Å². The van der Waals surface area contributed by atoms with E-state index in [4.69, 9.17) is 23.2 Å². The number of nitriles is 1. The highest BCUT2D eigenvalue weighted by Crippen LogP contribution is 2.29. The van der Waals surface area contributed by atoms with Gasteiger partial charge < -0.3 is 0 Å². The molecule has 2 aromatic carbocycles. The van der Waals surface area contributed by atoms with Crippen LogP contribution in [0.5, 0.6) is 0 Å². The summed E-state index contributed by atoms with van der Waals surface area (Å²) in [6.45, 7) is 0. The fourth-order valence-corrected chi connectivity index (χ4v) is 2.27. The number of Topliss-reactive ketones (excluding diaryl/α,β-unsaturated/α-hetero) is 1. The summed E-state index contributed by atoms with van der Waals surface area (Å²) in [5.74, 6) is -1.30. The third-order valence-corrected chi connectivity index (χ3v) is 3.42. The van der Waals surface area contributed by atoms with Crippen molar-refractivity contribution in [3.8, 4) is 6.07 Å². The van der Waals surface area contributed by atoms with E-state index in [-0.39, 0.29) is 5.78 Å². The van der Waals surface area contributed by atoms with E-state index >= 15 is 0 Å². The van der Waals surface area contributed by atoms with Gasteiger partial charge in [0, 0.05) is 10.6 Å². The summed E-state index contributed by atoms with van der Waals surface area (Å²) in [4.78, 5) is 12.4. The maximum atomic E-state index is 12.4. The molecule has 0 amide bonds. The van der Waals surface area contributed by atoms with Crippen molar-refractivity contribution < 1.29 is 4.79 Å². The lowest BCUT2D eigenvalue weighted by atomic mass is 9.92. The van der Waals surface area contributed by atoms with E-state index in [2.05, 4.69) is 0 Å². The Morgan fingerprint density at radius 1 is 1.00 bits per heavy atom. The molecule has 1 atom stereocenters. The average Bonchev–Trinajstić information content (AvgIpc) is 2.42. The molecule has 0 N–H and O–H groups in total. The standard InChI is InChI=1S/C15H9Cl2NO/c16-13-7-3-1-5-10(13)12(9-18)15(19)11-6-2-4-8-14(11)17/h1-8,12H. The molecule has 0 aliphatic rings. The maximum Gasteiger partial charge on any atom is 0.186 e. The predicted molar refractivity (Wildman–Crippen MR) is 75.6 cm³/mol. The van der Waals surface area contributed by atoms with Crippen LogP contribution in [0.25, 0.3) is 0 Å². The lowest BCUT2D eigenvalue weighted by molar-refractivity contribution is 0.0979. The predicted octanol–water partition coefficient (Wildman–Crippen LogP) is 4.48. The van der Waals surface area contributed by atoms with Gasteiger partial charge >= 0.3 is 0 Å². The molecule has 19 heavy (non-hydrogen) atoms. The van der Waals surface area contributed by atoms with E-state index in [0.717, 1.165) is 0 Å². The van der Waals surface area contributed by atoms with E-state index in [0.29, 0.717) is 21.2 Å². The Labute approximate surface area is 121 Å². The van der Waals surface area contributed by atoms with E-state index < -0.39 is 5.92 Å². The van der Waals surface area contributed by atoms with E-state index in [9.17, 15) is 10.1 Å². The summed E-state index contributed by atoms with van der Waals surface area (Å²) in [7, 11) is 0. The number of carbonyl (C=O) groups excluding carboxylic acids is 1. The summed E-state index contributed by atoms with van der Waals surface area (Å²) in [6.07, 6.45) is 0. The SMILES string of the molecule is N#CC(C(=O)c1ccccc1Cl)c1ccccc1Cl. The highest BCUT2D eigenvalue weighted by atomic mass is 35.5. The lowest BCUT2D eigenvalue weighted by Crippen LogP contribution is -2.12. The van der Waals surface area contributed by atoms with Gasteiger partial charge in [0.25, 0.3) is 0 Å². The van der Waals surface area contributed by atoms with Crippen molar-refractivity contribution >= 4 is 29.0 Å². The van der Waals surface area contributed by atoms with Gasteiger partial charge in [0.1, 0.15) is 5.92 Å². The van der Waals surface area contributed by atoms with Gasteiger partial charge in [0.05, 0.1) is 11.1 Å². The van der Waals surface area contributed by atoms with Gasteiger partial charge in [-0.3, -0.25) is 4.79 Å². The number of nitrogens with zero attached hydrogens (tertiary/aromatic N) is 1. The van der Waals surface area contributed by atoms with Gasteiger partial charge in [0.15, 0.2) is 5.78 Å². The smallest absolute Gasteiger partial charge is 0.186 e. The fraction of sp³-hybridized carbons (Fsp3) is 0.0667. The number of ketones is 1. The number of benzene rings is 2. The Morgan fingerprint density at radius 3 is 2.16 bits per heavy atom. The molecule has 0 aliphatic heterocycles. The van der Waals surface area contributed by atoms with Gasteiger partial charge in [-0.1, -0.05) is 53.5 Å². The summed E-state index contributed by atoms with van der Waals surface area (Å²) in [5, 5.41) is 9.98. The second-order valence-corrected chi connectivity index (χ2v) is 4.74. The zero-order valence-electron chi connectivity index (χ0n) is 9.81. The van der Waals surface area contributed by atoms with Crippen molar-refractivity contribution in [1.29, 1.82) is 5.26 Å². The Hall–Kier alpha value is -1.82. The van der Waals surface area contributed by atoms with Crippen LogP contribution in [-0.4, -0.2) is 5.78 Å². The molecule has 0 aliphatic carbocycles. The minimum Gasteiger partial charge on any atom is -0.292 e. The van der Waals surface area contributed by atoms with Crippen LogP contribution in [0, 0.1) is 11.3 Å². The molecule has 0 radical (unpaired) electrons. The highest BCUT2D eigenvalue weighted by molar-refractivity contribution is 6.35. The quantitative estimate of drug-likeness (QED) is 0.782. The Balaban J connectivity index is 2.45. The van der Waals surface area contributed by atoms with Crippen LogP contribution < -0.4 is 0 Å². The Bertz CT molecular complexity index is 661. The topological polar surface area (TPSA) is 40.9 Å². The summed E-state index contributed by atoms with van der Waals surface area (Å²) >= 11 is 12.0. The van der Waals surface area contributed by atoms with Crippen LogP contribution >= 0.6 is 23.2 Å². The van der Waals surface area contributed by atoms with E-state index in [1.165, 1.54) is 0 Å². The van der Waals surface area contributed by atoms with Crippen LogP contribution in [0.1, 0.15) is 21.8 Å². The van der Waals surface area contributed by atoms with Gasteiger partial charge in [-0.15, -0.1) is 0 Å². The molecule has 1 unspecified atom stereocenters. The van der Waals surface area contributed by atoms with Crippen molar-refractivity contribution in [3.05, 3.63) is 69.7 Å². The molecule has 2 nitrogen and oxygen atoms in total. The first-order chi connectivity index (χ1) is 9.15. The normalized spacial score (nSPS) is 11.6. The van der Waals surface area contributed by atoms with Gasteiger partial charge in [-0.2, -0.15) is 5.26 Å². The maximum absolute atomic E-state index is 12.4. The monoisotopic (exact) mass is 289 g/mol. The second-order valence-electron chi connectivity index (χ2n) is 3.93. The Kier molecular flexibility index (Phi) is 4.21. The molecule has 2 rings (SSSR count). The second kappa shape index (κ2) is 5.88. The van der Waals surface area contributed by atoms with Crippen LogP contribution in [0.4, 0.5) is 0 Å². The number of halogens is 2. The summed E-state index contributed by atoms with van der Waals surface area (Å²) < 4.78 is 0. The van der Waals surface area contributed by atoms with Gasteiger partial charge in [0.2, 0.25) is 0 Å². The first-order valence-electron chi connectivity index (χ1n) is 5.58. The molecule has 4 heteroatoms. The minimum atomic E-state index is -0.950. The third-order valence-electron chi connectivity index (χ3n) is 2.75. The summed E-state index contributed by atoms with van der Waals surface area (Å²) in [5.41, 5.74) is 0.826. The first kappa shape index (κ1) is 13.6. The number of hydrogen-bond donors (Lipinski definition) is 0. The van der Waals surface area contributed by atoms with E-state index in [1.807, 2.05) is 6.07 Å². The minimum absolute atomic E-state index is 0.329. The van der Waals surface area contributed by atoms with Crippen molar-refractivity contribution in [2.45, 2.75) is 5.92 Å². The fourth-order valence-electron chi connectivity index (χ4n) is 1.80. The molecule has 0 heterocycles. The molecule has 0 aromatic heterocycles. The highest BCUT2D eigenvalue weighted by Gasteiger charge is 2.25. The van der Waals surface area contributed by atoms with Crippen molar-refractivity contribution in [2.75, 3.05) is 0 Å². The largest absolute Gasteiger partial charge is 0.292 e. The van der Waals surface area contributed by atoms with Crippen LogP contribution in [0.3, 0.4) is 0 Å². The molecule has 0 fully saturated rings. The number of hydrogen-bond acceptors (Lipinski definition) is 2. The van der Waals surface area contributed by atoms with Crippen molar-refractivity contribution in [2.24, 2.45) is 0 Å². The first-order valence-corrected chi connectivity index (χ1v) is 6.33. The molecule has 0 bridgehead atoms. The van der Waals surface area contributed by atoms with Crippen LogP contribution in [-0.2, 0) is 0 Å². The average molecular weight is 290 g/mol. The van der Waals surface area contributed by atoms with E-state index in [1.54, 1.807) is 48.5 Å². The third kappa shape index (κ3) is 2.78. The number of carbonyl (C=O) groups is 1.